The average molecular weight is 280 g/mol. The van der Waals surface area contributed by atoms with E-state index in [4.69, 9.17) is 4.74 Å². The molecule has 1 fully saturated rings. The highest BCUT2D eigenvalue weighted by molar-refractivity contribution is 5.87. The van der Waals surface area contributed by atoms with Gasteiger partial charge in [0.25, 0.3) is 0 Å². The number of nitrogens with zero attached hydrogens (tertiary/aromatic N) is 2. The van der Waals surface area contributed by atoms with Crippen molar-refractivity contribution >= 4 is 11.9 Å². The van der Waals surface area contributed by atoms with E-state index < -0.39 is 18.0 Å². The van der Waals surface area contributed by atoms with Crippen molar-refractivity contribution in [3.8, 4) is 0 Å². The molecule has 7 nitrogen and oxygen atoms in total. The Kier molecular flexibility index (Phi) is 3.21. The van der Waals surface area contributed by atoms with Gasteiger partial charge in [0.1, 0.15) is 11.9 Å². The molecule has 1 saturated heterocycles. The Hall–Kier alpha value is -1.89. The van der Waals surface area contributed by atoms with Crippen molar-refractivity contribution in [3.63, 3.8) is 0 Å². The van der Waals surface area contributed by atoms with Crippen LogP contribution in [0.4, 0.5) is 0 Å². The van der Waals surface area contributed by atoms with Crippen molar-refractivity contribution in [1.29, 1.82) is 0 Å². The second-order valence-electron chi connectivity index (χ2n) is 5.25. The molecule has 0 aromatic carbocycles. The predicted molar refractivity (Wildman–Crippen MR) is 67.0 cm³/mol. The normalized spacial score (nSPS) is 25.4. The summed E-state index contributed by atoms with van der Waals surface area (Å²) in [5.41, 5.74) is 0.538. The van der Waals surface area contributed by atoms with Gasteiger partial charge in [-0.15, -0.1) is 0 Å². The molecule has 0 amide bonds. The minimum absolute atomic E-state index is 0.00199. The molecular formula is C13H16N2O5. The van der Waals surface area contributed by atoms with Crippen molar-refractivity contribution in [2.24, 2.45) is 0 Å². The van der Waals surface area contributed by atoms with Crippen molar-refractivity contribution in [1.82, 2.24) is 9.55 Å². The van der Waals surface area contributed by atoms with E-state index >= 15 is 0 Å². The maximum atomic E-state index is 11.4. The molecule has 7 heteroatoms. The van der Waals surface area contributed by atoms with Crippen LogP contribution in [0.2, 0.25) is 0 Å². The molecule has 108 valence electrons. The summed E-state index contributed by atoms with van der Waals surface area (Å²) in [6.45, 7) is 1.08. The van der Waals surface area contributed by atoms with Gasteiger partial charge < -0.3 is 19.5 Å². The number of carboxylic acid groups (broad SMARTS) is 2. The van der Waals surface area contributed by atoms with Crippen LogP contribution in [-0.2, 0) is 16.0 Å². The van der Waals surface area contributed by atoms with Crippen molar-refractivity contribution in [3.05, 3.63) is 17.2 Å². The molecule has 0 aliphatic carbocycles. The largest absolute Gasteiger partial charge is 0.480 e. The first-order chi connectivity index (χ1) is 9.59. The number of fused-ring (bicyclic) bond motifs is 1. The maximum Gasteiger partial charge on any atom is 0.356 e. The fourth-order valence-electron chi connectivity index (χ4n) is 3.10. The first-order valence-electron chi connectivity index (χ1n) is 6.74. The summed E-state index contributed by atoms with van der Waals surface area (Å²) in [5, 5.41) is 18.6. The Labute approximate surface area is 115 Å². The van der Waals surface area contributed by atoms with Crippen molar-refractivity contribution in [2.75, 3.05) is 13.2 Å². The molecule has 1 aromatic rings. The second-order valence-corrected chi connectivity index (χ2v) is 5.25. The number of hydrogen-bond donors (Lipinski definition) is 2. The number of ether oxygens (including phenoxy) is 1. The Morgan fingerprint density at radius 3 is 2.70 bits per heavy atom. The minimum atomic E-state index is -1.09. The van der Waals surface area contributed by atoms with Gasteiger partial charge in [-0.1, -0.05) is 0 Å². The first-order valence-corrected chi connectivity index (χ1v) is 6.74. The number of carbonyl (C=O) groups is 2. The van der Waals surface area contributed by atoms with Gasteiger partial charge in [-0.2, -0.15) is 0 Å². The molecule has 2 atom stereocenters. The van der Waals surface area contributed by atoms with E-state index in [-0.39, 0.29) is 11.6 Å². The SMILES string of the molecule is O=C(O)c1nc(C2CCOC2)n2c1CCCC2C(=O)O. The zero-order chi connectivity index (χ0) is 14.3. The Morgan fingerprint density at radius 2 is 2.10 bits per heavy atom. The summed E-state index contributed by atoms with van der Waals surface area (Å²) < 4.78 is 6.95. The van der Waals surface area contributed by atoms with Crippen LogP contribution >= 0.6 is 0 Å². The minimum Gasteiger partial charge on any atom is -0.480 e. The summed E-state index contributed by atoms with van der Waals surface area (Å²) >= 11 is 0. The van der Waals surface area contributed by atoms with E-state index in [0.29, 0.717) is 44.0 Å². The zero-order valence-electron chi connectivity index (χ0n) is 10.9. The summed E-state index contributed by atoms with van der Waals surface area (Å²) in [6.07, 6.45) is 2.50. The number of aromatic carboxylic acids is 1. The van der Waals surface area contributed by atoms with Crippen LogP contribution in [0.25, 0.3) is 0 Å². The molecule has 3 rings (SSSR count). The quantitative estimate of drug-likeness (QED) is 0.858. The van der Waals surface area contributed by atoms with Crippen LogP contribution in [0.3, 0.4) is 0 Å². The molecule has 2 aliphatic rings. The number of aromatic nitrogens is 2. The van der Waals surface area contributed by atoms with Crippen molar-refractivity contribution < 1.29 is 24.5 Å². The number of hydrogen-bond acceptors (Lipinski definition) is 4. The number of rotatable bonds is 3. The molecule has 2 unspecified atom stereocenters. The summed E-state index contributed by atoms with van der Waals surface area (Å²) in [5.74, 6) is -1.48. The van der Waals surface area contributed by atoms with Gasteiger partial charge in [0.15, 0.2) is 5.69 Å². The van der Waals surface area contributed by atoms with E-state index in [0.717, 1.165) is 6.42 Å². The molecular weight excluding hydrogens is 264 g/mol. The van der Waals surface area contributed by atoms with Gasteiger partial charge in [0.05, 0.1) is 12.3 Å². The fourth-order valence-corrected chi connectivity index (χ4v) is 3.10. The Balaban J connectivity index is 2.13. The summed E-state index contributed by atoms with van der Waals surface area (Å²) in [7, 11) is 0. The Morgan fingerprint density at radius 1 is 1.30 bits per heavy atom. The van der Waals surface area contributed by atoms with Crippen LogP contribution in [0.1, 0.15) is 53.2 Å². The molecule has 3 heterocycles. The van der Waals surface area contributed by atoms with Crippen LogP contribution < -0.4 is 0 Å². The molecule has 2 N–H and O–H groups in total. The third-order valence-electron chi connectivity index (χ3n) is 4.02. The monoisotopic (exact) mass is 280 g/mol. The van der Waals surface area contributed by atoms with Gasteiger partial charge in [-0.3, -0.25) is 0 Å². The fraction of sp³-hybridized carbons (Fsp3) is 0.615. The van der Waals surface area contributed by atoms with Crippen LogP contribution in [-0.4, -0.2) is 44.9 Å². The average Bonchev–Trinajstić information content (AvgIpc) is 3.04. The molecule has 0 spiro atoms. The van der Waals surface area contributed by atoms with Crippen LogP contribution in [0.15, 0.2) is 0 Å². The van der Waals surface area contributed by atoms with Crippen LogP contribution in [0.5, 0.6) is 0 Å². The Bertz CT molecular complexity index is 559. The standard InChI is InChI=1S/C13H16N2O5/c16-12(17)9-3-1-2-8-10(13(18)19)14-11(15(8)9)7-4-5-20-6-7/h7,9H,1-6H2,(H,16,17)(H,18,19). The third-order valence-corrected chi connectivity index (χ3v) is 4.02. The van der Waals surface area contributed by atoms with Crippen LogP contribution in [0, 0.1) is 0 Å². The van der Waals surface area contributed by atoms with Gasteiger partial charge >= 0.3 is 11.9 Å². The molecule has 20 heavy (non-hydrogen) atoms. The molecule has 2 aliphatic heterocycles. The van der Waals surface area contributed by atoms with Gasteiger partial charge in [-0.25, -0.2) is 14.6 Å². The number of aliphatic carboxylic acids is 1. The number of carboxylic acids is 2. The topological polar surface area (TPSA) is 102 Å². The highest BCUT2D eigenvalue weighted by Crippen LogP contribution is 2.34. The van der Waals surface area contributed by atoms with Gasteiger partial charge in [0, 0.05) is 12.5 Å². The van der Waals surface area contributed by atoms with E-state index in [1.165, 1.54) is 0 Å². The van der Waals surface area contributed by atoms with E-state index in [1.54, 1.807) is 4.57 Å². The lowest BCUT2D eigenvalue weighted by atomic mass is 10.00. The molecule has 1 aromatic heterocycles. The summed E-state index contributed by atoms with van der Waals surface area (Å²) in [4.78, 5) is 27.0. The highest BCUT2D eigenvalue weighted by Gasteiger charge is 2.36. The van der Waals surface area contributed by atoms with E-state index in [2.05, 4.69) is 4.98 Å². The lowest BCUT2D eigenvalue weighted by molar-refractivity contribution is -0.141. The summed E-state index contributed by atoms with van der Waals surface area (Å²) in [6, 6.07) is -0.713. The first kappa shape index (κ1) is 13.1. The lowest BCUT2D eigenvalue weighted by Crippen LogP contribution is -2.27. The maximum absolute atomic E-state index is 11.4. The zero-order valence-corrected chi connectivity index (χ0v) is 10.9. The third kappa shape index (κ3) is 1.98. The van der Waals surface area contributed by atoms with E-state index in [1.807, 2.05) is 0 Å². The molecule has 0 bridgehead atoms. The van der Waals surface area contributed by atoms with Gasteiger partial charge in [-0.05, 0) is 25.7 Å². The molecule has 0 radical (unpaired) electrons. The van der Waals surface area contributed by atoms with E-state index in [9.17, 15) is 19.8 Å². The second kappa shape index (κ2) is 4.90. The lowest BCUT2D eigenvalue weighted by Gasteiger charge is -2.25. The highest BCUT2D eigenvalue weighted by atomic mass is 16.5. The van der Waals surface area contributed by atoms with Crippen molar-refractivity contribution in [2.45, 2.75) is 37.6 Å². The number of imidazole rings is 1. The van der Waals surface area contributed by atoms with Gasteiger partial charge in [0.2, 0.25) is 0 Å². The molecule has 0 saturated carbocycles. The smallest absolute Gasteiger partial charge is 0.356 e. The predicted octanol–water partition coefficient (Wildman–Crippen LogP) is 1.05.